The van der Waals surface area contributed by atoms with Crippen LogP contribution in [0.3, 0.4) is 0 Å². The molecular formula is C12H15ClN. The Labute approximate surface area is 90.5 Å². The maximum Gasteiger partial charge on any atom is 0.0406 e. The van der Waals surface area contributed by atoms with Gasteiger partial charge in [-0.3, -0.25) is 0 Å². The zero-order valence-electron chi connectivity index (χ0n) is 8.25. The molecule has 1 nitrogen and oxygen atoms in total. The van der Waals surface area contributed by atoms with Crippen LogP contribution in [-0.2, 0) is 6.42 Å². The average molecular weight is 209 g/mol. The molecule has 0 spiro atoms. The van der Waals surface area contributed by atoms with E-state index in [0.717, 1.165) is 24.0 Å². The first-order chi connectivity index (χ1) is 6.84. The van der Waals surface area contributed by atoms with E-state index in [1.54, 1.807) is 0 Å². The van der Waals surface area contributed by atoms with Crippen LogP contribution in [0.4, 0.5) is 0 Å². The summed E-state index contributed by atoms with van der Waals surface area (Å²) in [5, 5.41) is 5.19. The van der Waals surface area contributed by atoms with Crippen LogP contribution in [0.15, 0.2) is 24.3 Å². The summed E-state index contributed by atoms with van der Waals surface area (Å²) < 4.78 is 0. The van der Waals surface area contributed by atoms with Crippen molar-refractivity contribution in [2.24, 2.45) is 5.92 Å². The first kappa shape index (κ1) is 10.0. The number of rotatable bonds is 2. The van der Waals surface area contributed by atoms with Crippen molar-refractivity contribution in [3.8, 4) is 0 Å². The van der Waals surface area contributed by atoms with Crippen LogP contribution in [0.1, 0.15) is 18.4 Å². The Morgan fingerprint density at radius 3 is 2.43 bits per heavy atom. The van der Waals surface area contributed by atoms with Gasteiger partial charge < -0.3 is 0 Å². The van der Waals surface area contributed by atoms with Crippen LogP contribution in [0.2, 0.25) is 5.02 Å². The highest BCUT2D eigenvalue weighted by atomic mass is 35.5. The van der Waals surface area contributed by atoms with Crippen LogP contribution >= 0.6 is 11.6 Å². The van der Waals surface area contributed by atoms with Gasteiger partial charge >= 0.3 is 0 Å². The summed E-state index contributed by atoms with van der Waals surface area (Å²) in [5.41, 5.74) is 1.40. The largest absolute Gasteiger partial charge is 0.242 e. The van der Waals surface area contributed by atoms with E-state index in [0.29, 0.717) is 0 Å². The van der Waals surface area contributed by atoms with Gasteiger partial charge in [-0.2, -0.15) is 0 Å². The second kappa shape index (κ2) is 4.81. The fraction of sp³-hybridized carbons (Fsp3) is 0.500. The predicted molar refractivity (Wildman–Crippen MR) is 59.7 cm³/mol. The van der Waals surface area contributed by atoms with Crippen molar-refractivity contribution in [1.29, 1.82) is 0 Å². The first-order valence-electron chi connectivity index (χ1n) is 5.22. The molecule has 0 saturated carbocycles. The minimum Gasteiger partial charge on any atom is -0.242 e. The third-order valence-corrected chi connectivity index (χ3v) is 3.08. The summed E-state index contributed by atoms with van der Waals surface area (Å²) in [5.74, 6) is 0.827. The van der Waals surface area contributed by atoms with E-state index in [9.17, 15) is 0 Å². The van der Waals surface area contributed by atoms with Crippen molar-refractivity contribution in [2.45, 2.75) is 19.3 Å². The summed E-state index contributed by atoms with van der Waals surface area (Å²) in [4.78, 5) is 0. The molecule has 1 aliphatic heterocycles. The summed E-state index contributed by atoms with van der Waals surface area (Å²) in [6.45, 7) is 2.11. The van der Waals surface area contributed by atoms with Crippen LogP contribution in [0.25, 0.3) is 0 Å². The van der Waals surface area contributed by atoms with Gasteiger partial charge in [-0.15, -0.1) is 0 Å². The molecule has 0 aliphatic carbocycles. The smallest absolute Gasteiger partial charge is 0.0406 e. The highest BCUT2D eigenvalue weighted by Crippen LogP contribution is 2.19. The molecule has 0 aromatic heterocycles. The Bertz CT molecular complexity index is 275. The quantitative estimate of drug-likeness (QED) is 0.710. The van der Waals surface area contributed by atoms with Gasteiger partial charge in [-0.1, -0.05) is 23.7 Å². The summed E-state index contributed by atoms with van der Waals surface area (Å²) in [7, 11) is 0. The number of hydrogen-bond donors (Lipinski definition) is 0. The van der Waals surface area contributed by atoms with Crippen molar-refractivity contribution >= 4 is 11.6 Å². The summed E-state index contributed by atoms with van der Waals surface area (Å²) in [6, 6.07) is 8.22. The monoisotopic (exact) mass is 208 g/mol. The van der Waals surface area contributed by atoms with Crippen LogP contribution in [-0.4, -0.2) is 13.1 Å². The minimum atomic E-state index is 0.826. The van der Waals surface area contributed by atoms with E-state index in [-0.39, 0.29) is 0 Å². The van der Waals surface area contributed by atoms with Crippen molar-refractivity contribution in [2.75, 3.05) is 13.1 Å². The van der Waals surface area contributed by atoms with Gasteiger partial charge in [0.25, 0.3) is 0 Å². The molecule has 1 heterocycles. The number of benzene rings is 1. The molecule has 0 bridgehead atoms. The zero-order chi connectivity index (χ0) is 9.80. The number of piperidine rings is 1. The van der Waals surface area contributed by atoms with E-state index < -0.39 is 0 Å². The molecule has 1 aromatic rings. The van der Waals surface area contributed by atoms with E-state index in [4.69, 9.17) is 11.6 Å². The lowest BCUT2D eigenvalue weighted by Gasteiger charge is -2.21. The molecule has 1 saturated heterocycles. The van der Waals surface area contributed by atoms with Crippen molar-refractivity contribution < 1.29 is 0 Å². The van der Waals surface area contributed by atoms with Gasteiger partial charge in [-0.25, -0.2) is 5.32 Å². The van der Waals surface area contributed by atoms with Crippen molar-refractivity contribution in [3.05, 3.63) is 34.9 Å². The highest BCUT2D eigenvalue weighted by molar-refractivity contribution is 6.30. The second-order valence-corrected chi connectivity index (χ2v) is 4.38. The van der Waals surface area contributed by atoms with E-state index >= 15 is 0 Å². The third kappa shape index (κ3) is 2.73. The number of nitrogens with zero attached hydrogens (tertiary/aromatic N) is 1. The Kier molecular flexibility index (Phi) is 3.44. The Balaban J connectivity index is 1.92. The SMILES string of the molecule is Clc1ccc(CC2CC[N]CC2)cc1. The first-order valence-corrected chi connectivity index (χ1v) is 5.60. The lowest BCUT2D eigenvalue weighted by atomic mass is 9.91. The molecule has 1 radical (unpaired) electrons. The maximum atomic E-state index is 5.84. The summed E-state index contributed by atoms with van der Waals surface area (Å²) in [6.07, 6.45) is 3.69. The van der Waals surface area contributed by atoms with Crippen molar-refractivity contribution in [3.63, 3.8) is 0 Å². The van der Waals surface area contributed by atoms with Gasteiger partial charge in [0.05, 0.1) is 0 Å². The zero-order valence-corrected chi connectivity index (χ0v) is 9.00. The lowest BCUT2D eigenvalue weighted by molar-refractivity contribution is 0.368. The normalized spacial score (nSPS) is 18.4. The van der Waals surface area contributed by atoms with Crippen LogP contribution in [0.5, 0.6) is 0 Å². The van der Waals surface area contributed by atoms with Gasteiger partial charge in [-0.05, 0) is 42.9 Å². The molecule has 1 fully saturated rings. The molecule has 0 atom stereocenters. The van der Waals surface area contributed by atoms with Gasteiger partial charge in [0.15, 0.2) is 0 Å². The average Bonchev–Trinajstić information content (AvgIpc) is 2.23. The van der Waals surface area contributed by atoms with E-state index in [1.165, 1.54) is 24.8 Å². The molecule has 0 unspecified atom stereocenters. The van der Waals surface area contributed by atoms with E-state index in [2.05, 4.69) is 17.4 Å². The van der Waals surface area contributed by atoms with Gasteiger partial charge in [0.1, 0.15) is 0 Å². The predicted octanol–water partition coefficient (Wildman–Crippen LogP) is 2.90. The van der Waals surface area contributed by atoms with Crippen LogP contribution in [0, 0.1) is 5.92 Å². The maximum absolute atomic E-state index is 5.84. The fourth-order valence-electron chi connectivity index (χ4n) is 1.96. The Morgan fingerprint density at radius 1 is 1.14 bits per heavy atom. The highest BCUT2D eigenvalue weighted by Gasteiger charge is 2.13. The lowest BCUT2D eigenvalue weighted by Crippen LogP contribution is -2.23. The van der Waals surface area contributed by atoms with Gasteiger partial charge in [0.2, 0.25) is 0 Å². The molecule has 2 rings (SSSR count). The molecule has 2 heteroatoms. The molecule has 1 aliphatic rings. The van der Waals surface area contributed by atoms with Crippen LogP contribution < -0.4 is 5.32 Å². The standard InChI is InChI=1S/C12H15ClN/c13-12-3-1-10(2-4-12)9-11-5-7-14-8-6-11/h1-4,11H,5-9H2. The number of halogens is 1. The van der Waals surface area contributed by atoms with Gasteiger partial charge in [0, 0.05) is 18.1 Å². The molecular weight excluding hydrogens is 194 g/mol. The van der Waals surface area contributed by atoms with Crippen molar-refractivity contribution in [1.82, 2.24) is 5.32 Å². The second-order valence-electron chi connectivity index (χ2n) is 3.94. The molecule has 75 valence electrons. The molecule has 1 aromatic carbocycles. The topological polar surface area (TPSA) is 14.1 Å². The Morgan fingerprint density at radius 2 is 1.79 bits per heavy atom. The fourth-order valence-corrected chi connectivity index (χ4v) is 2.09. The number of hydrogen-bond acceptors (Lipinski definition) is 0. The van der Waals surface area contributed by atoms with E-state index in [1.807, 2.05) is 12.1 Å². The molecule has 0 N–H and O–H groups in total. The molecule has 14 heavy (non-hydrogen) atoms. The summed E-state index contributed by atoms with van der Waals surface area (Å²) >= 11 is 5.84. The molecule has 0 amide bonds. The minimum absolute atomic E-state index is 0.826. The third-order valence-electron chi connectivity index (χ3n) is 2.83. The Hall–Kier alpha value is -0.530.